The molecule has 0 aliphatic rings. The average molecular weight is 1600 g/mol. The van der Waals surface area contributed by atoms with E-state index < -0.39 is 14.2 Å². The number of hydrogen-bond donors (Lipinski definition) is 4. The Labute approximate surface area is 592 Å². The third-order valence-corrected chi connectivity index (χ3v) is 17.2. The van der Waals surface area contributed by atoms with Crippen molar-refractivity contribution < 1.29 is 33.3 Å². The molecule has 0 amide bonds. The quantitative estimate of drug-likeness (QED) is 0.0920. The second-order valence-corrected chi connectivity index (χ2v) is 25.8. The Morgan fingerprint density at radius 3 is 1.01 bits per heavy atom. The van der Waals surface area contributed by atoms with E-state index in [1.54, 1.807) is 42.5 Å². The van der Waals surface area contributed by atoms with Crippen LogP contribution in [0.1, 0.15) is 24.1 Å². The molecule has 3 aromatic heterocycles. The summed E-state index contributed by atoms with van der Waals surface area (Å²) in [6, 6.07) is 88.6. The molecule has 0 saturated carbocycles. The second-order valence-electron chi connectivity index (χ2n) is 20.9. The van der Waals surface area contributed by atoms with Crippen molar-refractivity contribution in [3.05, 3.63) is 293 Å². The highest BCUT2D eigenvalue weighted by atomic mass is 127. The van der Waals surface area contributed by atoms with Gasteiger partial charge in [-0.3, -0.25) is 0 Å². The van der Waals surface area contributed by atoms with Crippen LogP contribution in [0.4, 0.5) is 0 Å². The molecule has 15 aromatic rings. The molecule has 10 nitrogen and oxygen atoms in total. The van der Waals surface area contributed by atoms with E-state index in [9.17, 15) is 5.26 Å². The maximum Gasteiger partial charge on any atom is 0.488 e. The number of nitrogens with zero attached hydrogens (tertiary/aromatic N) is 3. The standard InChI is InChI=1S/C37H21NO2.C13H7Br2N.C12H9BO3.C7H6BNO2.C6H3Br2I.CH4.B/c38-22-23-6-5-7-24(16-23)27-17-28(25-12-14-36-32(20-25)30-8-1-3-10-34(30)39-36)19-29(18-27)26-13-15-37-33(21-26)31-9-2-4-11-35(31)40-37;14-12-5-11(6-13(15)7-12)10-3-1-2-9(4-10)8-16;14-13(15)8-5-6-12-10(7-8)9-3-1-2-4-11(9)16-12;9-5-6-2-1-3-7(4-6)8(10)11;7-4-1-5(8)3-6(9)2-4;;/h1-21H;1-7H;1-7,14-15H;1-4,10-11H;1-3H;1H4;. The average Bonchev–Trinajstić information content (AvgIpc) is 1.56. The molecule has 455 valence electrons. The van der Waals surface area contributed by atoms with E-state index in [1.807, 2.05) is 127 Å². The molecule has 3 heterocycles. The van der Waals surface area contributed by atoms with E-state index in [4.69, 9.17) is 43.9 Å². The van der Waals surface area contributed by atoms with Crippen LogP contribution in [-0.4, -0.2) is 42.7 Å². The molecule has 12 aromatic carbocycles. The Morgan fingerprint density at radius 2 is 0.617 bits per heavy atom. The predicted molar refractivity (Wildman–Crippen MR) is 406 cm³/mol. The SMILES string of the molecule is Brc1cc(Br)cc(I)c1.C.N#Cc1cccc(-c2cc(-c3ccc4oc5ccccc5c4c3)cc(-c3ccc4oc5ccccc5c4c3)c2)c1.N#Cc1cccc(-c2cc(Br)cc(Br)c2)c1.N#Cc1cccc(B(O)O)c1.OB(O)c1ccc2oc3ccccc3c2c1.[B]. The Kier molecular flexibility index (Phi) is 23.6. The number of nitriles is 3. The minimum atomic E-state index is -1.50. The zero-order valence-electron chi connectivity index (χ0n) is 48.7. The molecule has 18 heteroatoms. The van der Waals surface area contributed by atoms with Crippen molar-refractivity contribution in [3.63, 3.8) is 0 Å². The van der Waals surface area contributed by atoms with Crippen LogP contribution in [0, 0.1) is 37.6 Å². The van der Waals surface area contributed by atoms with Crippen molar-refractivity contribution in [3.8, 4) is 62.7 Å². The first-order valence-corrected chi connectivity index (χ1v) is 32.6. The van der Waals surface area contributed by atoms with Crippen LogP contribution in [0.15, 0.2) is 286 Å². The maximum absolute atomic E-state index is 9.54. The fourth-order valence-corrected chi connectivity index (χ4v) is 14.5. The van der Waals surface area contributed by atoms with Crippen molar-refractivity contribution in [1.82, 2.24) is 0 Å². The number of furan rings is 3. The highest BCUT2D eigenvalue weighted by Crippen LogP contribution is 2.39. The molecule has 94 heavy (non-hydrogen) atoms. The largest absolute Gasteiger partial charge is 0.488 e. The van der Waals surface area contributed by atoms with E-state index >= 15 is 0 Å². The number of para-hydroxylation sites is 3. The van der Waals surface area contributed by atoms with Crippen LogP contribution >= 0.6 is 86.3 Å². The third kappa shape index (κ3) is 16.7. The smallest absolute Gasteiger partial charge is 0.456 e. The highest BCUT2D eigenvalue weighted by molar-refractivity contribution is 14.1. The zero-order chi connectivity index (χ0) is 64.4. The van der Waals surface area contributed by atoms with E-state index in [0.29, 0.717) is 27.6 Å². The lowest BCUT2D eigenvalue weighted by Gasteiger charge is -2.12. The molecule has 3 radical (unpaired) electrons. The molecule has 0 aliphatic heterocycles. The van der Waals surface area contributed by atoms with Gasteiger partial charge in [0.2, 0.25) is 0 Å². The number of halogens is 5. The van der Waals surface area contributed by atoms with Crippen LogP contribution in [0.2, 0.25) is 0 Å². The maximum atomic E-state index is 9.54. The normalized spacial score (nSPS) is 10.4. The van der Waals surface area contributed by atoms with Crippen LogP contribution in [0.3, 0.4) is 0 Å². The Hall–Kier alpha value is -8.81. The van der Waals surface area contributed by atoms with Gasteiger partial charge < -0.3 is 33.3 Å². The summed E-state index contributed by atoms with van der Waals surface area (Å²) in [5.74, 6) is 0. The fourth-order valence-electron chi connectivity index (χ4n) is 10.4. The molecule has 0 spiro atoms. The molecule has 0 fully saturated rings. The molecule has 0 unspecified atom stereocenters. The van der Waals surface area contributed by atoms with Gasteiger partial charge in [-0.1, -0.05) is 186 Å². The summed E-state index contributed by atoms with van der Waals surface area (Å²) in [5, 5.41) is 68.7. The van der Waals surface area contributed by atoms with Crippen molar-refractivity contribution >= 4 is 186 Å². The summed E-state index contributed by atoms with van der Waals surface area (Å²) in [4.78, 5) is 0. The van der Waals surface area contributed by atoms with Gasteiger partial charge in [0.05, 0.1) is 34.9 Å². The van der Waals surface area contributed by atoms with E-state index in [2.05, 4.69) is 183 Å². The molecule has 0 atom stereocenters. The lowest BCUT2D eigenvalue weighted by molar-refractivity contribution is 0.424. The zero-order valence-corrected chi connectivity index (χ0v) is 57.2. The van der Waals surface area contributed by atoms with E-state index in [-0.39, 0.29) is 15.8 Å². The molecule has 0 saturated heterocycles. The van der Waals surface area contributed by atoms with Crippen LogP contribution in [-0.2, 0) is 0 Å². The van der Waals surface area contributed by atoms with Gasteiger partial charge in [0, 0.05) is 62.2 Å². The van der Waals surface area contributed by atoms with Crippen LogP contribution in [0.25, 0.3) is 110 Å². The summed E-state index contributed by atoms with van der Waals surface area (Å²) in [6.45, 7) is 0. The van der Waals surface area contributed by atoms with Crippen molar-refractivity contribution in [2.75, 3.05) is 0 Å². The molecular formula is C76H50B3Br4IN3O7. The minimum absolute atomic E-state index is 0. The summed E-state index contributed by atoms with van der Waals surface area (Å²) < 4.78 is 23.3. The van der Waals surface area contributed by atoms with Gasteiger partial charge in [-0.2, -0.15) is 15.8 Å². The van der Waals surface area contributed by atoms with E-state index in [1.165, 1.54) is 9.64 Å². The first-order chi connectivity index (χ1) is 44.6. The Bertz CT molecular complexity index is 5160. The molecule has 15 rings (SSSR count). The van der Waals surface area contributed by atoms with Gasteiger partial charge in [-0.25, -0.2) is 0 Å². The van der Waals surface area contributed by atoms with Crippen molar-refractivity contribution in [2.24, 2.45) is 0 Å². The topological polar surface area (TPSA) is 192 Å². The molecular weight excluding hydrogens is 1550 g/mol. The summed E-state index contributed by atoms with van der Waals surface area (Å²) >= 11 is 15.9. The lowest BCUT2D eigenvalue weighted by atomic mass is 9.80. The Balaban J connectivity index is 0.000000159. The molecule has 0 bridgehead atoms. The molecule has 4 N–H and O–H groups in total. The van der Waals surface area contributed by atoms with Crippen LogP contribution in [0.5, 0.6) is 0 Å². The van der Waals surface area contributed by atoms with Crippen LogP contribution < -0.4 is 10.9 Å². The molecule has 0 aliphatic carbocycles. The lowest BCUT2D eigenvalue weighted by Crippen LogP contribution is -2.29. The number of benzene rings is 12. The van der Waals surface area contributed by atoms with Gasteiger partial charge >= 0.3 is 14.2 Å². The van der Waals surface area contributed by atoms with Gasteiger partial charge in [0.25, 0.3) is 0 Å². The minimum Gasteiger partial charge on any atom is -0.456 e. The highest BCUT2D eigenvalue weighted by Gasteiger charge is 2.16. The predicted octanol–water partition coefficient (Wildman–Crippen LogP) is 19.7. The van der Waals surface area contributed by atoms with Gasteiger partial charge in [-0.05, 0) is 218 Å². The third-order valence-electron chi connectivity index (χ3n) is 14.7. The Morgan fingerprint density at radius 1 is 0.298 bits per heavy atom. The second kappa shape index (κ2) is 31.9. The van der Waals surface area contributed by atoms with Crippen molar-refractivity contribution in [1.29, 1.82) is 15.8 Å². The number of rotatable bonds is 6. The van der Waals surface area contributed by atoms with E-state index in [0.717, 1.165) is 128 Å². The summed E-state index contributed by atoms with van der Waals surface area (Å²) in [7, 11) is -2.94. The number of fused-ring (bicyclic) bond motifs is 9. The van der Waals surface area contributed by atoms with Gasteiger partial charge in [0.15, 0.2) is 0 Å². The van der Waals surface area contributed by atoms with Crippen molar-refractivity contribution in [2.45, 2.75) is 7.43 Å². The summed E-state index contributed by atoms with van der Waals surface area (Å²) in [6.07, 6.45) is 0. The van der Waals surface area contributed by atoms with Gasteiger partial charge in [-0.15, -0.1) is 0 Å². The number of hydrogen-bond acceptors (Lipinski definition) is 10. The fraction of sp³-hybridized carbons (Fsp3) is 0.0132. The first-order valence-electron chi connectivity index (χ1n) is 28.3. The summed E-state index contributed by atoms with van der Waals surface area (Å²) in [5.41, 5.74) is 16.2. The first kappa shape index (κ1) is 69.5. The van der Waals surface area contributed by atoms with Gasteiger partial charge in [0.1, 0.15) is 33.5 Å². The monoisotopic (exact) mass is 1590 g/mol.